The van der Waals surface area contributed by atoms with Gasteiger partial charge in [-0.15, -0.1) is 23.1 Å². The van der Waals surface area contributed by atoms with Gasteiger partial charge in [0.05, 0.1) is 6.54 Å². The summed E-state index contributed by atoms with van der Waals surface area (Å²) in [6, 6.07) is 14.6. The molecule has 7 heteroatoms. The first kappa shape index (κ1) is 19.8. The Bertz CT molecular complexity index is 756. The molecule has 1 fully saturated rings. The van der Waals surface area contributed by atoms with E-state index in [4.69, 9.17) is 0 Å². The molecule has 0 unspecified atom stereocenters. The van der Waals surface area contributed by atoms with Gasteiger partial charge in [-0.1, -0.05) is 24.3 Å². The van der Waals surface area contributed by atoms with Gasteiger partial charge >= 0.3 is 0 Å². The molecule has 1 aliphatic rings. The topological polar surface area (TPSA) is 56.7 Å². The summed E-state index contributed by atoms with van der Waals surface area (Å²) in [6.07, 6.45) is 2.38. The van der Waals surface area contributed by atoms with Crippen molar-refractivity contribution in [1.82, 2.24) is 15.5 Å². The number of thioether (sulfide) groups is 1. The summed E-state index contributed by atoms with van der Waals surface area (Å²) in [7, 11) is 3.50. The van der Waals surface area contributed by atoms with Gasteiger partial charge in [0.1, 0.15) is 6.54 Å². The van der Waals surface area contributed by atoms with Gasteiger partial charge in [0, 0.05) is 35.2 Å². The summed E-state index contributed by atoms with van der Waals surface area (Å²) >= 11 is 3.63. The average Bonchev–Trinajstić information content (AvgIpc) is 3.22. The Morgan fingerprint density at radius 2 is 1.96 bits per heavy atom. The van der Waals surface area contributed by atoms with Gasteiger partial charge in [0.25, 0.3) is 0 Å². The van der Waals surface area contributed by atoms with Crippen LogP contribution in [0.4, 0.5) is 0 Å². The van der Waals surface area contributed by atoms with E-state index >= 15 is 0 Å². The molecule has 1 aromatic heterocycles. The van der Waals surface area contributed by atoms with Crippen molar-refractivity contribution in [2.45, 2.75) is 29.0 Å². The molecule has 2 N–H and O–H groups in total. The SMILES string of the molecule is CN(C)C(=O)CN=C(NCc1cccs1)NCC1(Sc2ccccc2)CC1. The molecule has 1 aromatic carbocycles. The van der Waals surface area contributed by atoms with E-state index in [1.54, 1.807) is 30.3 Å². The Balaban J connectivity index is 1.58. The molecule has 0 saturated heterocycles. The zero-order chi connectivity index (χ0) is 19.1. The van der Waals surface area contributed by atoms with E-state index in [9.17, 15) is 4.79 Å². The van der Waals surface area contributed by atoms with Crippen LogP contribution in [-0.4, -0.2) is 48.7 Å². The second-order valence-corrected chi connectivity index (χ2v) is 9.41. The van der Waals surface area contributed by atoms with E-state index < -0.39 is 0 Å². The van der Waals surface area contributed by atoms with Crippen molar-refractivity contribution in [3.05, 3.63) is 52.7 Å². The van der Waals surface area contributed by atoms with Gasteiger partial charge in [-0.3, -0.25) is 4.79 Å². The van der Waals surface area contributed by atoms with Crippen molar-refractivity contribution in [2.24, 2.45) is 4.99 Å². The van der Waals surface area contributed by atoms with E-state index in [1.165, 1.54) is 22.6 Å². The zero-order valence-electron chi connectivity index (χ0n) is 15.8. The zero-order valence-corrected chi connectivity index (χ0v) is 17.4. The summed E-state index contributed by atoms with van der Waals surface area (Å²) in [5, 5.41) is 8.86. The molecule has 3 rings (SSSR count). The highest BCUT2D eigenvalue weighted by Crippen LogP contribution is 2.51. The van der Waals surface area contributed by atoms with Gasteiger partial charge < -0.3 is 15.5 Å². The monoisotopic (exact) mass is 402 g/mol. The maximum absolute atomic E-state index is 11.9. The highest BCUT2D eigenvalue weighted by Gasteiger charge is 2.43. The second-order valence-electron chi connectivity index (χ2n) is 6.84. The molecule has 1 saturated carbocycles. The van der Waals surface area contributed by atoms with Crippen molar-refractivity contribution in [1.29, 1.82) is 0 Å². The third kappa shape index (κ3) is 6.29. The molecule has 2 aromatic rings. The lowest BCUT2D eigenvalue weighted by atomic mass is 10.4. The first-order valence-corrected chi connectivity index (χ1v) is 10.7. The van der Waals surface area contributed by atoms with Crippen molar-refractivity contribution in [2.75, 3.05) is 27.2 Å². The maximum Gasteiger partial charge on any atom is 0.243 e. The fourth-order valence-electron chi connectivity index (χ4n) is 2.48. The summed E-state index contributed by atoms with van der Waals surface area (Å²) in [5.41, 5.74) is 0. The van der Waals surface area contributed by atoms with Gasteiger partial charge in [-0.05, 0) is 36.4 Å². The number of hydrogen-bond acceptors (Lipinski definition) is 4. The lowest BCUT2D eigenvalue weighted by Gasteiger charge is -2.19. The van der Waals surface area contributed by atoms with Crippen LogP contribution in [0.3, 0.4) is 0 Å². The molecule has 0 atom stereocenters. The molecule has 5 nitrogen and oxygen atoms in total. The van der Waals surface area contributed by atoms with Crippen LogP contribution in [0.1, 0.15) is 17.7 Å². The van der Waals surface area contributed by atoms with Crippen LogP contribution in [0, 0.1) is 0 Å². The number of thiophene rings is 1. The summed E-state index contributed by atoms with van der Waals surface area (Å²) in [6.45, 7) is 1.68. The number of nitrogens with one attached hydrogen (secondary N) is 2. The third-order valence-corrected chi connectivity index (χ3v) is 6.71. The quantitative estimate of drug-likeness (QED) is 0.526. The van der Waals surface area contributed by atoms with E-state index in [1.807, 2.05) is 23.9 Å². The maximum atomic E-state index is 11.9. The Kier molecular flexibility index (Phi) is 6.79. The van der Waals surface area contributed by atoms with Crippen LogP contribution in [0.5, 0.6) is 0 Å². The number of carbonyl (C=O) groups is 1. The Morgan fingerprint density at radius 3 is 2.59 bits per heavy atom. The van der Waals surface area contributed by atoms with Crippen LogP contribution in [0.15, 0.2) is 57.7 Å². The normalized spacial score (nSPS) is 15.3. The predicted molar refractivity (Wildman–Crippen MR) is 114 cm³/mol. The largest absolute Gasteiger partial charge is 0.355 e. The van der Waals surface area contributed by atoms with E-state index in [2.05, 4.69) is 51.3 Å². The Morgan fingerprint density at radius 1 is 1.19 bits per heavy atom. The highest BCUT2D eigenvalue weighted by molar-refractivity contribution is 8.01. The number of nitrogens with zero attached hydrogens (tertiary/aromatic N) is 2. The van der Waals surface area contributed by atoms with Crippen molar-refractivity contribution in [3.63, 3.8) is 0 Å². The van der Waals surface area contributed by atoms with Crippen LogP contribution >= 0.6 is 23.1 Å². The van der Waals surface area contributed by atoms with Crippen molar-refractivity contribution < 1.29 is 4.79 Å². The number of benzene rings is 1. The van der Waals surface area contributed by atoms with Crippen molar-refractivity contribution in [3.8, 4) is 0 Å². The second kappa shape index (κ2) is 9.28. The first-order chi connectivity index (χ1) is 13.1. The van der Waals surface area contributed by atoms with Gasteiger partial charge in [0.2, 0.25) is 5.91 Å². The van der Waals surface area contributed by atoms with Crippen LogP contribution in [-0.2, 0) is 11.3 Å². The molecule has 0 aliphatic heterocycles. The van der Waals surface area contributed by atoms with Crippen molar-refractivity contribution >= 4 is 35.0 Å². The minimum Gasteiger partial charge on any atom is -0.355 e. The fraction of sp³-hybridized carbons (Fsp3) is 0.400. The number of guanidine groups is 1. The van der Waals surface area contributed by atoms with E-state index in [-0.39, 0.29) is 17.2 Å². The molecule has 27 heavy (non-hydrogen) atoms. The van der Waals surface area contributed by atoms with Gasteiger partial charge in [0.15, 0.2) is 5.96 Å². The van der Waals surface area contributed by atoms with E-state index in [0.29, 0.717) is 12.5 Å². The number of rotatable bonds is 8. The first-order valence-electron chi connectivity index (χ1n) is 9.05. The summed E-state index contributed by atoms with van der Waals surface area (Å²) < 4.78 is 0.221. The van der Waals surface area contributed by atoms with Gasteiger partial charge in [-0.25, -0.2) is 4.99 Å². The molecule has 0 radical (unpaired) electrons. The van der Waals surface area contributed by atoms with E-state index in [0.717, 1.165) is 6.54 Å². The molecule has 1 aliphatic carbocycles. The number of aliphatic imine (C=N–C) groups is 1. The minimum atomic E-state index is -0.00739. The van der Waals surface area contributed by atoms with Crippen LogP contribution < -0.4 is 10.6 Å². The Labute approximate surface area is 169 Å². The molecular formula is C20H26N4OS2. The molecule has 144 valence electrons. The Hall–Kier alpha value is -1.99. The highest BCUT2D eigenvalue weighted by atomic mass is 32.2. The van der Waals surface area contributed by atoms with Gasteiger partial charge in [-0.2, -0.15) is 0 Å². The average molecular weight is 403 g/mol. The lowest BCUT2D eigenvalue weighted by Crippen LogP contribution is -2.41. The lowest BCUT2D eigenvalue weighted by molar-refractivity contribution is -0.127. The predicted octanol–water partition coefficient (Wildman–Crippen LogP) is 3.20. The number of amides is 1. The third-order valence-electron chi connectivity index (χ3n) is 4.34. The van der Waals surface area contributed by atoms with Crippen LogP contribution in [0.25, 0.3) is 0 Å². The molecule has 1 amide bonds. The minimum absolute atomic E-state index is 0.00739. The molecule has 0 bridgehead atoms. The summed E-state index contributed by atoms with van der Waals surface area (Å²) in [4.78, 5) is 20.5. The van der Waals surface area contributed by atoms with Crippen LogP contribution in [0.2, 0.25) is 0 Å². The summed E-state index contributed by atoms with van der Waals surface area (Å²) in [5.74, 6) is 0.686. The number of hydrogen-bond donors (Lipinski definition) is 2. The molecular weight excluding hydrogens is 376 g/mol. The number of likely N-dealkylation sites (N-methyl/N-ethyl adjacent to an activating group) is 1. The standard InChI is InChI=1S/C20H26N4OS2/c1-24(2)18(25)14-22-19(21-13-17-9-6-12-26-17)23-15-20(10-11-20)27-16-7-4-3-5-8-16/h3-9,12H,10-11,13-15H2,1-2H3,(H2,21,22,23). The smallest absolute Gasteiger partial charge is 0.243 e. The fourth-order valence-corrected chi connectivity index (χ4v) is 4.37. The molecule has 0 spiro atoms. The molecule has 1 heterocycles. The number of carbonyl (C=O) groups excluding carboxylic acids is 1.